The van der Waals surface area contributed by atoms with Crippen LogP contribution in [0.3, 0.4) is 0 Å². The van der Waals surface area contributed by atoms with Crippen LogP contribution in [-0.4, -0.2) is 30.7 Å². The Hall–Kier alpha value is -3.12. The van der Waals surface area contributed by atoms with Crippen molar-refractivity contribution in [2.24, 2.45) is 5.10 Å². The summed E-state index contributed by atoms with van der Waals surface area (Å²) < 4.78 is 17.8. The number of rotatable bonds is 6. The van der Waals surface area contributed by atoms with Crippen LogP contribution in [0.2, 0.25) is 0 Å². The van der Waals surface area contributed by atoms with Crippen LogP contribution >= 0.6 is 11.8 Å². The Labute approximate surface area is 193 Å². The molecule has 164 valence electrons. The minimum Gasteiger partial charge on any atom is -0.494 e. The monoisotopic (exact) mass is 446 g/mol. The molecule has 0 aliphatic carbocycles. The van der Waals surface area contributed by atoms with Crippen molar-refractivity contribution in [3.8, 4) is 17.2 Å². The maximum absolute atomic E-state index is 6.53. The predicted octanol–water partition coefficient (Wildman–Crippen LogP) is 6.06. The van der Waals surface area contributed by atoms with Gasteiger partial charge in [-0.25, -0.2) is 5.01 Å². The molecule has 32 heavy (non-hydrogen) atoms. The van der Waals surface area contributed by atoms with E-state index >= 15 is 0 Å². The summed E-state index contributed by atoms with van der Waals surface area (Å²) in [4.78, 5) is 1.22. The van der Waals surface area contributed by atoms with Gasteiger partial charge in [0.2, 0.25) is 6.23 Å². The van der Waals surface area contributed by atoms with Crippen molar-refractivity contribution in [1.29, 1.82) is 0 Å². The Bertz CT molecular complexity index is 1130. The summed E-state index contributed by atoms with van der Waals surface area (Å²) in [5, 5.41) is 7.15. The normalized spacial score (nSPS) is 19.0. The molecule has 3 aromatic carbocycles. The Kier molecular flexibility index (Phi) is 5.70. The molecule has 0 fully saturated rings. The Balaban J connectivity index is 1.55. The number of hydrazone groups is 1. The maximum Gasteiger partial charge on any atom is 0.214 e. The van der Waals surface area contributed by atoms with E-state index < -0.39 is 0 Å². The molecule has 0 aromatic heterocycles. The van der Waals surface area contributed by atoms with E-state index in [1.165, 1.54) is 4.90 Å². The molecule has 3 aromatic rings. The topological polar surface area (TPSA) is 43.3 Å². The van der Waals surface area contributed by atoms with Crippen molar-refractivity contribution in [3.05, 3.63) is 83.4 Å². The average Bonchev–Trinajstić information content (AvgIpc) is 3.30. The Morgan fingerprint density at radius 2 is 1.84 bits per heavy atom. The van der Waals surface area contributed by atoms with E-state index in [-0.39, 0.29) is 12.3 Å². The predicted molar refractivity (Wildman–Crippen MR) is 128 cm³/mol. The number of nitrogens with zero attached hydrogens (tertiary/aromatic N) is 2. The van der Waals surface area contributed by atoms with Crippen LogP contribution in [0, 0.1) is 0 Å². The van der Waals surface area contributed by atoms with Crippen molar-refractivity contribution >= 4 is 17.5 Å². The Morgan fingerprint density at radius 3 is 2.53 bits per heavy atom. The molecule has 0 saturated heterocycles. The third-order valence-electron chi connectivity index (χ3n) is 5.90. The molecule has 0 saturated carbocycles. The van der Waals surface area contributed by atoms with Crippen molar-refractivity contribution in [2.75, 3.05) is 20.0 Å². The van der Waals surface area contributed by atoms with E-state index in [2.05, 4.69) is 53.7 Å². The lowest BCUT2D eigenvalue weighted by Crippen LogP contribution is -2.33. The zero-order valence-electron chi connectivity index (χ0n) is 18.4. The summed E-state index contributed by atoms with van der Waals surface area (Å²) in [6.45, 7) is 2.65. The molecule has 0 N–H and O–H groups in total. The van der Waals surface area contributed by atoms with Gasteiger partial charge in [-0.1, -0.05) is 24.3 Å². The van der Waals surface area contributed by atoms with Crippen molar-refractivity contribution in [1.82, 2.24) is 5.01 Å². The molecule has 0 radical (unpaired) electrons. The molecule has 0 bridgehead atoms. The van der Waals surface area contributed by atoms with E-state index in [4.69, 9.17) is 19.3 Å². The first-order valence-corrected chi connectivity index (χ1v) is 12.0. The van der Waals surface area contributed by atoms with E-state index in [1.54, 1.807) is 18.9 Å². The maximum atomic E-state index is 6.53. The van der Waals surface area contributed by atoms with Gasteiger partial charge in [0, 0.05) is 22.4 Å². The minimum atomic E-state index is -0.320. The van der Waals surface area contributed by atoms with Gasteiger partial charge in [0.15, 0.2) is 11.5 Å². The summed E-state index contributed by atoms with van der Waals surface area (Å²) in [7, 11) is 1.68. The number of hydrogen-bond donors (Lipinski definition) is 0. The molecule has 0 spiro atoms. The molecular weight excluding hydrogens is 420 g/mol. The number of fused-ring (bicyclic) bond motifs is 3. The first-order chi connectivity index (χ1) is 15.7. The lowest BCUT2D eigenvalue weighted by atomic mass is 9.95. The van der Waals surface area contributed by atoms with Gasteiger partial charge in [0.25, 0.3) is 0 Å². The minimum absolute atomic E-state index is 0.0839. The molecule has 6 heteroatoms. The summed E-state index contributed by atoms with van der Waals surface area (Å²) in [6, 6.07) is 22.8. The fourth-order valence-electron chi connectivity index (χ4n) is 4.32. The molecule has 0 amide bonds. The highest BCUT2D eigenvalue weighted by Gasteiger charge is 2.42. The lowest BCUT2D eigenvalue weighted by Gasteiger charge is -2.38. The Morgan fingerprint density at radius 1 is 1.06 bits per heavy atom. The second-order valence-electron chi connectivity index (χ2n) is 7.73. The lowest BCUT2D eigenvalue weighted by molar-refractivity contribution is -0.0209. The molecule has 0 unspecified atom stereocenters. The highest BCUT2D eigenvalue weighted by atomic mass is 32.2. The highest BCUT2D eigenvalue weighted by molar-refractivity contribution is 7.98. The fourth-order valence-corrected chi connectivity index (χ4v) is 4.73. The summed E-state index contributed by atoms with van der Waals surface area (Å²) >= 11 is 1.73. The van der Waals surface area contributed by atoms with Crippen LogP contribution in [-0.2, 0) is 0 Å². The first-order valence-electron chi connectivity index (χ1n) is 10.8. The van der Waals surface area contributed by atoms with Crippen molar-refractivity contribution < 1.29 is 14.2 Å². The SMILES string of the molecule is CCOc1ccc(C2=NN3[C@H](C2)c2cccc(OC)c2O[C@H]3c2ccc(SC)cc2)cc1. The van der Waals surface area contributed by atoms with Gasteiger partial charge in [-0.15, -0.1) is 11.8 Å². The number of ether oxygens (including phenoxy) is 3. The molecular formula is C26H26N2O3S. The number of thioether (sulfide) groups is 1. The van der Waals surface area contributed by atoms with E-state index in [0.29, 0.717) is 6.61 Å². The van der Waals surface area contributed by atoms with Crippen LogP contribution in [0.5, 0.6) is 17.2 Å². The standard InChI is InChI=1S/C26H26N2O3S/c1-4-30-19-12-8-17(9-13-19)22-16-23-21-6-5-7-24(29-2)25(21)31-26(28(23)27-22)18-10-14-20(32-3)15-11-18/h5-15,23,26H,4,16H2,1-3H3/t23-,26+/m1/s1. The largest absolute Gasteiger partial charge is 0.494 e. The highest BCUT2D eigenvalue weighted by Crippen LogP contribution is 2.50. The van der Waals surface area contributed by atoms with Gasteiger partial charge < -0.3 is 14.2 Å². The second-order valence-corrected chi connectivity index (χ2v) is 8.61. The van der Waals surface area contributed by atoms with Gasteiger partial charge >= 0.3 is 0 Å². The number of para-hydroxylation sites is 1. The summed E-state index contributed by atoms with van der Waals surface area (Å²) in [6.07, 6.45) is 2.56. The van der Waals surface area contributed by atoms with Gasteiger partial charge in [-0.05, 0) is 61.2 Å². The van der Waals surface area contributed by atoms with Crippen LogP contribution < -0.4 is 14.2 Å². The smallest absolute Gasteiger partial charge is 0.214 e. The van der Waals surface area contributed by atoms with Gasteiger partial charge in [-0.3, -0.25) is 0 Å². The van der Waals surface area contributed by atoms with Crippen LogP contribution in [0.15, 0.2) is 76.7 Å². The zero-order valence-corrected chi connectivity index (χ0v) is 19.3. The molecule has 2 heterocycles. The van der Waals surface area contributed by atoms with Gasteiger partial charge in [0.1, 0.15) is 5.75 Å². The summed E-state index contributed by atoms with van der Waals surface area (Å²) in [5.74, 6) is 2.43. The van der Waals surface area contributed by atoms with E-state index in [1.807, 2.05) is 31.2 Å². The third kappa shape index (κ3) is 3.69. The average molecular weight is 447 g/mol. The van der Waals surface area contributed by atoms with Gasteiger partial charge in [0.05, 0.1) is 25.5 Å². The van der Waals surface area contributed by atoms with Crippen molar-refractivity contribution in [2.45, 2.75) is 30.5 Å². The summed E-state index contributed by atoms with van der Waals surface area (Å²) in [5.41, 5.74) is 4.32. The van der Waals surface area contributed by atoms with Crippen molar-refractivity contribution in [3.63, 3.8) is 0 Å². The van der Waals surface area contributed by atoms with E-state index in [9.17, 15) is 0 Å². The second kappa shape index (κ2) is 8.79. The number of methoxy groups -OCH3 is 1. The van der Waals surface area contributed by atoms with Crippen LogP contribution in [0.1, 0.15) is 42.3 Å². The fraction of sp³-hybridized carbons (Fsp3) is 0.269. The molecule has 2 aliphatic rings. The quantitative estimate of drug-likeness (QED) is 0.431. The number of hydrogen-bond acceptors (Lipinski definition) is 6. The van der Waals surface area contributed by atoms with Gasteiger partial charge in [-0.2, -0.15) is 5.10 Å². The van der Waals surface area contributed by atoms with Crippen LogP contribution in [0.25, 0.3) is 0 Å². The molecule has 5 nitrogen and oxygen atoms in total. The van der Waals surface area contributed by atoms with E-state index in [0.717, 1.165) is 46.1 Å². The molecule has 2 atom stereocenters. The third-order valence-corrected chi connectivity index (χ3v) is 6.64. The van der Waals surface area contributed by atoms with Crippen LogP contribution in [0.4, 0.5) is 0 Å². The zero-order chi connectivity index (χ0) is 22.1. The molecule has 5 rings (SSSR count). The number of benzene rings is 3. The first kappa shape index (κ1) is 20.8. The molecule has 2 aliphatic heterocycles.